The van der Waals surface area contributed by atoms with Gasteiger partial charge in [0.15, 0.2) is 11.5 Å². The topological polar surface area (TPSA) is 56.8 Å². The van der Waals surface area contributed by atoms with Gasteiger partial charge in [-0.05, 0) is 30.5 Å². The van der Waals surface area contributed by atoms with Gasteiger partial charge in [0.2, 0.25) is 11.7 Å². The number of rotatable bonds is 6. The second kappa shape index (κ2) is 8.09. The highest BCUT2D eigenvalue weighted by molar-refractivity contribution is 6.30. The SMILES string of the molecule is COc1cc(NC(=O)C2(c3ccc(Cl)cc3)CCCC2)cc(OC)c1OC. The Balaban J connectivity index is 1.94. The van der Waals surface area contributed by atoms with Gasteiger partial charge < -0.3 is 19.5 Å². The molecule has 0 saturated heterocycles. The zero-order valence-corrected chi connectivity index (χ0v) is 16.6. The summed E-state index contributed by atoms with van der Waals surface area (Å²) in [4.78, 5) is 13.3. The van der Waals surface area contributed by atoms with E-state index in [9.17, 15) is 4.79 Å². The van der Waals surface area contributed by atoms with E-state index in [1.54, 1.807) is 33.5 Å². The number of halogens is 1. The molecule has 5 nitrogen and oxygen atoms in total. The molecular weight excluding hydrogens is 366 g/mol. The molecule has 144 valence electrons. The third-order valence-corrected chi connectivity index (χ3v) is 5.46. The molecule has 3 rings (SSSR count). The summed E-state index contributed by atoms with van der Waals surface area (Å²) in [6, 6.07) is 11.0. The van der Waals surface area contributed by atoms with E-state index in [0.717, 1.165) is 31.2 Å². The van der Waals surface area contributed by atoms with Gasteiger partial charge in [0.1, 0.15) is 0 Å². The summed E-state index contributed by atoms with van der Waals surface area (Å²) in [6.45, 7) is 0. The average Bonchev–Trinajstić information content (AvgIpc) is 3.18. The minimum Gasteiger partial charge on any atom is -0.493 e. The summed E-state index contributed by atoms with van der Waals surface area (Å²) in [5.74, 6) is 1.46. The van der Waals surface area contributed by atoms with Gasteiger partial charge in [0.25, 0.3) is 0 Å². The minimum atomic E-state index is -0.551. The van der Waals surface area contributed by atoms with E-state index in [-0.39, 0.29) is 5.91 Å². The van der Waals surface area contributed by atoms with E-state index in [4.69, 9.17) is 25.8 Å². The molecule has 2 aromatic rings. The number of anilines is 1. The van der Waals surface area contributed by atoms with Gasteiger partial charge >= 0.3 is 0 Å². The number of hydrogen-bond donors (Lipinski definition) is 1. The Morgan fingerprint density at radius 3 is 2.00 bits per heavy atom. The van der Waals surface area contributed by atoms with E-state index in [0.29, 0.717) is 28.0 Å². The van der Waals surface area contributed by atoms with E-state index in [1.807, 2.05) is 24.3 Å². The molecule has 0 atom stereocenters. The van der Waals surface area contributed by atoms with Gasteiger partial charge in [0, 0.05) is 22.8 Å². The van der Waals surface area contributed by atoms with Crippen LogP contribution in [0.15, 0.2) is 36.4 Å². The molecule has 1 saturated carbocycles. The van der Waals surface area contributed by atoms with Crippen LogP contribution in [0, 0.1) is 0 Å². The van der Waals surface area contributed by atoms with Gasteiger partial charge in [-0.2, -0.15) is 0 Å². The van der Waals surface area contributed by atoms with Gasteiger partial charge in [-0.25, -0.2) is 0 Å². The highest BCUT2D eigenvalue weighted by Crippen LogP contribution is 2.44. The van der Waals surface area contributed by atoms with E-state index < -0.39 is 5.41 Å². The van der Waals surface area contributed by atoms with E-state index in [1.165, 1.54) is 0 Å². The predicted octanol–water partition coefficient (Wildman–Crippen LogP) is 4.82. The molecule has 27 heavy (non-hydrogen) atoms. The molecule has 0 heterocycles. The molecule has 0 aliphatic heterocycles. The normalized spacial score (nSPS) is 15.3. The van der Waals surface area contributed by atoms with Crippen molar-refractivity contribution in [1.82, 2.24) is 0 Å². The molecule has 0 spiro atoms. The Kier molecular flexibility index (Phi) is 5.80. The quantitative estimate of drug-likeness (QED) is 0.769. The maximum atomic E-state index is 13.3. The zero-order chi connectivity index (χ0) is 19.4. The molecule has 0 bridgehead atoms. The van der Waals surface area contributed by atoms with Crippen LogP contribution in [0.5, 0.6) is 17.2 Å². The Morgan fingerprint density at radius 2 is 1.52 bits per heavy atom. The average molecular weight is 390 g/mol. The second-order valence-electron chi connectivity index (χ2n) is 6.66. The summed E-state index contributed by atoms with van der Waals surface area (Å²) in [5.41, 5.74) is 1.05. The lowest BCUT2D eigenvalue weighted by Gasteiger charge is -2.28. The van der Waals surface area contributed by atoms with Crippen LogP contribution in [-0.2, 0) is 10.2 Å². The first-order valence-corrected chi connectivity index (χ1v) is 9.29. The van der Waals surface area contributed by atoms with Crippen molar-refractivity contribution in [3.05, 3.63) is 47.0 Å². The van der Waals surface area contributed by atoms with Gasteiger partial charge in [-0.15, -0.1) is 0 Å². The van der Waals surface area contributed by atoms with Crippen molar-refractivity contribution in [2.45, 2.75) is 31.1 Å². The number of methoxy groups -OCH3 is 3. The number of nitrogens with one attached hydrogen (secondary N) is 1. The fraction of sp³-hybridized carbons (Fsp3) is 0.381. The zero-order valence-electron chi connectivity index (χ0n) is 15.8. The Hall–Kier alpha value is -2.40. The third kappa shape index (κ3) is 3.69. The smallest absolute Gasteiger partial charge is 0.235 e. The van der Waals surface area contributed by atoms with Crippen LogP contribution in [0.2, 0.25) is 5.02 Å². The number of carbonyl (C=O) groups is 1. The molecule has 1 N–H and O–H groups in total. The number of carbonyl (C=O) groups excluding carboxylic acids is 1. The second-order valence-corrected chi connectivity index (χ2v) is 7.10. The molecule has 6 heteroatoms. The lowest BCUT2D eigenvalue weighted by atomic mass is 9.78. The number of hydrogen-bond acceptors (Lipinski definition) is 4. The van der Waals surface area contributed by atoms with Gasteiger partial charge in [0.05, 0.1) is 26.7 Å². The van der Waals surface area contributed by atoms with Crippen LogP contribution < -0.4 is 19.5 Å². The highest BCUT2D eigenvalue weighted by atomic mass is 35.5. The maximum absolute atomic E-state index is 13.3. The van der Waals surface area contributed by atoms with Gasteiger partial charge in [-0.3, -0.25) is 4.79 Å². The van der Waals surface area contributed by atoms with Crippen LogP contribution in [0.25, 0.3) is 0 Å². The minimum absolute atomic E-state index is 0.0309. The van der Waals surface area contributed by atoms with Crippen molar-refractivity contribution < 1.29 is 19.0 Å². The highest BCUT2D eigenvalue weighted by Gasteiger charge is 2.42. The number of benzene rings is 2. The lowest BCUT2D eigenvalue weighted by Crippen LogP contribution is -2.38. The first-order chi connectivity index (χ1) is 13.0. The molecule has 0 aromatic heterocycles. The molecule has 0 unspecified atom stereocenters. The standard InChI is InChI=1S/C21H24ClNO4/c1-25-17-12-16(13-18(26-2)19(17)27-3)23-20(24)21(10-4-5-11-21)14-6-8-15(22)9-7-14/h6-9,12-13H,4-5,10-11H2,1-3H3,(H,23,24). The molecular formula is C21H24ClNO4. The summed E-state index contributed by atoms with van der Waals surface area (Å²) in [7, 11) is 4.65. The summed E-state index contributed by atoms with van der Waals surface area (Å²) in [6.07, 6.45) is 3.66. The predicted molar refractivity (Wildman–Crippen MR) is 106 cm³/mol. The summed E-state index contributed by atoms with van der Waals surface area (Å²) >= 11 is 6.03. The first kappa shape index (κ1) is 19.4. The van der Waals surface area contributed by atoms with Crippen molar-refractivity contribution in [3.8, 4) is 17.2 Å². The van der Waals surface area contributed by atoms with E-state index >= 15 is 0 Å². The maximum Gasteiger partial charge on any atom is 0.235 e. The van der Waals surface area contributed by atoms with Gasteiger partial charge in [-0.1, -0.05) is 36.6 Å². The molecule has 1 aliphatic carbocycles. The van der Waals surface area contributed by atoms with E-state index in [2.05, 4.69) is 5.32 Å². The Bertz CT molecular complexity index is 788. The van der Waals surface area contributed by atoms with Crippen molar-refractivity contribution in [2.24, 2.45) is 0 Å². The van der Waals surface area contributed by atoms with Crippen molar-refractivity contribution in [2.75, 3.05) is 26.6 Å². The third-order valence-electron chi connectivity index (χ3n) is 5.21. The molecule has 1 amide bonds. The summed E-state index contributed by atoms with van der Waals surface area (Å²) < 4.78 is 16.1. The fourth-order valence-corrected chi connectivity index (χ4v) is 3.92. The van der Waals surface area contributed by atoms with Crippen molar-refractivity contribution in [1.29, 1.82) is 0 Å². The number of amides is 1. The van der Waals surface area contributed by atoms with Crippen molar-refractivity contribution >= 4 is 23.2 Å². The first-order valence-electron chi connectivity index (χ1n) is 8.91. The molecule has 1 aliphatic rings. The van der Waals surface area contributed by atoms with Crippen LogP contribution in [-0.4, -0.2) is 27.2 Å². The molecule has 1 fully saturated rings. The lowest BCUT2D eigenvalue weighted by molar-refractivity contribution is -0.121. The summed E-state index contributed by atoms with van der Waals surface area (Å²) in [5, 5.41) is 3.71. The Morgan fingerprint density at radius 1 is 0.963 bits per heavy atom. The van der Waals surface area contributed by atoms with Crippen molar-refractivity contribution in [3.63, 3.8) is 0 Å². The largest absolute Gasteiger partial charge is 0.493 e. The Labute approximate surface area is 164 Å². The number of ether oxygens (including phenoxy) is 3. The molecule has 2 aromatic carbocycles. The van der Waals surface area contributed by atoms with Crippen LogP contribution in [0.3, 0.4) is 0 Å². The van der Waals surface area contributed by atoms with Crippen LogP contribution in [0.4, 0.5) is 5.69 Å². The monoisotopic (exact) mass is 389 g/mol. The molecule has 0 radical (unpaired) electrons. The van der Waals surface area contributed by atoms with Crippen LogP contribution >= 0.6 is 11.6 Å². The van der Waals surface area contributed by atoms with Crippen LogP contribution in [0.1, 0.15) is 31.2 Å². The fourth-order valence-electron chi connectivity index (χ4n) is 3.80.